The summed E-state index contributed by atoms with van der Waals surface area (Å²) in [6.07, 6.45) is 3.58. The van der Waals surface area contributed by atoms with Crippen LogP contribution in [-0.2, 0) is 0 Å². The second-order valence-electron chi connectivity index (χ2n) is 4.76. The second kappa shape index (κ2) is 3.58. The Labute approximate surface area is 80.0 Å². The molecule has 0 aliphatic heterocycles. The lowest BCUT2D eigenvalue weighted by molar-refractivity contribution is 0.0684. The van der Waals surface area contributed by atoms with Gasteiger partial charge in [0.2, 0.25) is 0 Å². The highest BCUT2D eigenvalue weighted by Crippen LogP contribution is 2.55. The zero-order chi connectivity index (χ0) is 9.42. The molecule has 2 aliphatic carbocycles. The SMILES string of the molecule is CCC1C(CO)C2CC(CO)C1C2. The molecular weight excluding hydrogens is 164 g/mol. The van der Waals surface area contributed by atoms with Gasteiger partial charge in [-0.2, -0.15) is 0 Å². The molecule has 0 radical (unpaired) electrons. The van der Waals surface area contributed by atoms with Crippen LogP contribution in [0.4, 0.5) is 0 Å². The Hall–Kier alpha value is -0.0800. The van der Waals surface area contributed by atoms with Gasteiger partial charge in [0, 0.05) is 13.2 Å². The highest BCUT2D eigenvalue weighted by atomic mass is 16.3. The molecule has 76 valence electrons. The van der Waals surface area contributed by atoms with Crippen molar-refractivity contribution in [1.29, 1.82) is 0 Å². The van der Waals surface area contributed by atoms with E-state index in [0.29, 0.717) is 42.8 Å². The Morgan fingerprint density at radius 1 is 1.08 bits per heavy atom. The maximum absolute atomic E-state index is 9.29. The molecule has 2 bridgehead atoms. The summed E-state index contributed by atoms with van der Waals surface area (Å²) < 4.78 is 0. The van der Waals surface area contributed by atoms with Crippen LogP contribution < -0.4 is 0 Å². The normalized spacial score (nSPS) is 48.7. The first-order valence-corrected chi connectivity index (χ1v) is 5.53. The van der Waals surface area contributed by atoms with Gasteiger partial charge in [-0.25, -0.2) is 0 Å². The van der Waals surface area contributed by atoms with Gasteiger partial charge >= 0.3 is 0 Å². The molecule has 0 aromatic heterocycles. The highest BCUT2D eigenvalue weighted by Gasteiger charge is 2.50. The zero-order valence-corrected chi connectivity index (χ0v) is 8.32. The number of hydrogen-bond donors (Lipinski definition) is 2. The molecule has 2 nitrogen and oxygen atoms in total. The second-order valence-corrected chi connectivity index (χ2v) is 4.76. The Bertz CT molecular complexity index is 181. The molecular formula is C11H20O2. The molecule has 2 rings (SSSR count). The van der Waals surface area contributed by atoms with E-state index in [1.165, 1.54) is 12.8 Å². The molecule has 2 saturated carbocycles. The lowest BCUT2D eigenvalue weighted by Gasteiger charge is -2.33. The molecule has 0 aromatic carbocycles. The van der Waals surface area contributed by atoms with Crippen LogP contribution in [0.5, 0.6) is 0 Å². The Balaban J connectivity index is 2.08. The van der Waals surface area contributed by atoms with Crippen molar-refractivity contribution in [3.63, 3.8) is 0 Å². The van der Waals surface area contributed by atoms with Gasteiger partial charge in [-0.15, -0.1) is 0 Å². The first-order valence-electron chi connectivity index (χ1n) is 5.53. The van der Waals surface area contributed by atoms with Crippen molar-refractivity contribution in [2.75, 3.05) is 13.2 Å². The summed E-state index contributed by atoms with van der Waals surface area (Å²) in [4.78, 5) is 0. The van der Waals surface area contributed by atoms with Crippen molar-refractivity contribution in [1.82, 2.24) is 0 Å². The Kier molecular flexibility index (Phi) is 2.61. The first kappa shape index (κ1) is 9.47. The Morgan fingerprint density at radius 2 is 1.85 bits per heavy atom. The average Bonchev–Trinajstić information content (AvgIpc) is 2.72. The molecule has 5 atom stereocenters. The maximum Gasteiger partial charge on any atom is 0.0464 e. The molecule has 0 amide bonds. The van der Waals surface area contributed by atoms with Gasteiger partial charge in [-0.1, -0.05) is 13.3 Å². The summed E-state index contributed by atoms with van der Waals surface area (Å²) in [5.74, 6) is 3.17. The molecule has 0 aromatic rings. The van der Waals surface area contributed by atoms with Gasteiger partial charge in [0.15, 0.2) is 0 Å². The minimum atomic E-state index is 0.357. The van der Waals surface area contributed by atoms with Gasteiger partial charge in [-0.05, 0) is 42.4 Å². The third-order valence-corrected chi connectivity index (χ3v) is 4.41. The largest absolute Gasteiger partial charge is 0.396 e. The van der Waals surface area contributed by atoms with Crippen LogP contribution in [0.25, 0.3) is 0 Å². The zero-order valence-electron chi connectivity index (χ0n) is 8.32. The fourth-order valence-corrected chi connectivity index (χ4v) is 3.84. The minimum absolute atomic E-state index is 0.357. The molecule has 2 heteroatoms. The molecule has 2 N–H and O–H groups in total. The molecule has 0 saturated heterocycles. The summed E-state index contributed by atoms with van der Waals surface area (Å²) in [6, 6.07) is 0. The van der Waals surface area contributed by atoms with E-state index in [-0.39, 0.29) is 0 Å². The average molecular weight is 184 g/mol. The quantitative estimate of drug-likeness (QED) is 0.693. The van der Waals surface area contributed by atoms with E-state index < -0.39 is 0 Å². The summed E-state index contributed by atoms with van der Waals surface area (Å²) in [6.45, 7) is 2.93. The fourth-order valence-electron chi connectivity index (χ4n) is 3.84. The van der Waals surface area contributed by atoms with Crippen molar-refractivity contribution in [3.05, 3.63) is 0 Å². The third-order valence-electron chi connectivity index (χ3n) is 4.41. The van der Waals surface area contributed by atoms with Gasteiger partial charge in [0.25, 0.3) is 0 Å². The van der Waals surface area contributed by atoms with Crippen LogP contribution in [0.15, 0.2) is 0 Å². The summed E-state index contributed by atoms with van der Waals surface area (Å²) >= 11 is 0. The smallest absolute Gasteiger partial charge is 0.0464 e. The van der Waals surface area contributed by atoms with Crippen molar-refractivity contribution in [2.24, 2.45) is 29.6 Å². The Morgan fingerprint density at radius 3 is 2.38 bits per heavy atom. The third kappa shape index (κ3) is 1.31. The molecule has 2 aliphatic rings. The van der Waals surface area contributed by atoms with E-state index in [0.717, 1.165) is 6.42 Å². The molecule has 0 spiro atoms. The van der Waals surface area contributed by atoms with Crippen LogP contribution in [0, 0.1) is 29.6 Å². The van der Waals surface area contributed by atoms with E-state index in [2.05, 4.69) is 6.92 Å². The highest BCUT2D eigenvalue weighted by molar-refractivity contribution is 4.99. The van der Waals surface area contributed by atoms with Gasteiger partial charge in [0.1, 0.15) is 0 Å². The van der Waals surface area contributed by atoms with Gasteiger partial charge in [-0.3, -0.25) is 0 Å². The van der Waals surface area contributed by atoms with E-state index in [1.54, 1.807) is 0 Å². The van der Waals surface area contributed by atoms with Crippen LogP contribution in [0.2, 0.25) is 0 Å². The van der Waals surface area contributed by atoms with Crippen LogP contribution in [0.1, 0.15) is 26.2 Å². The predicted molar refractivity (Wildman–Crippen MR) is 51.1 cm³/mol. The number of fused-ring (bicyclic) bond motifs is 2. The van der Waals surface area contributed by atoms with Crippen molar-refractivity contribution < 1.29 is 10.2 Å². The monoisotopic (exact) mass is 184 g/mol. The van der Waals surface area contributed by atoms with Crippen molar-refractivity contribution >= 4 is 0 Å². The first-order chi connectivity index (χ1) is 6.31. The number of hydrogen-bond acceptors (Lipinski definition) is 2. The molecule has 2 fully saturated rings. The summed E-state index contributed by atoms with van der Waals surface area (Å²) in [7, 11) is 0. The molecule has 5 unspecified atom stereocenters. The topological polar surface area (TPSA) is 40.5 Å². The van der Waals surface area contributed by atoms with Crippen LogP contribution in [-0.4, -0.2) is 23.4 Å². The van der Waals surface area contributed by atoms with Gasteiger partial charge in [0.05, 0.1) is 0 Å². The predicted octanol–water partition coefficient (Wildman–Crippen LogP) is 1.27. The minimum Gasteiger partial charge on any atom is -0.396 e. The van der Waals surface area contributed by atoms with Crippen molar-refractivity contribution in [2.45, 2.75) is 26.2 Å². The molecule has 13 heavy (non-hydrogen) atoms. The van der Waals surface area contributed by atoms with Crippen LogP contribution in [0.3, 0.4) is 0 Å². The van der Waals surface area contributed by atoms with E-state index >= 15 is 0 Å². The van der Waals surface area contributed by atoms with Crippen LogP contribution >= 0.6 is 0 Å². The number of rotatable bonds is 3. The van der Waals surface area contributed by atoms with Gasteiger partial charge < -0.3 is 10.2 Å². The summed E-state index contributed by atoms with van der Waals surface area (Å²) in [5.41, 5.74) is 0. The van der Waals surface area contributed by atoms with E-state index in [9.17, 15) is 10.2 Å². The van der Waals surface area contributed by atoms with E-state index in [4.69, 9.17) is 0 Å². The lowest BCUT2D eigenvalue weighted by Crippen LogP contribution is -2.31. The maximum atomic E-state index is 9.29. The lowest BCUT2D eigenvalue weighted by atomic mass is 9.73. The fraction of sp³-hybridized carbons (Fsp3) is 1.00. The van der Waals surface area contributed by atoms with E-state index in [1.807, 2.05) is 0 Å². The summed E-state index contributed by atoms with van der Waals surface area (Å²) in [5, 5.41) is 18.5. The number of aliphatic hydroxyl groups excluding tert-OH is 2. The van der Waals surface area contributed by atoms with Crippen molar-refractivity contribution in [3.8, 4) is 0 Å². The standard InChI is InChI=1S/C11H20O2/c1-2-9-10-4-7(11(9)6-13)3-8(10)5-12/h7-13H,2-6H2,1H3. The number of aliphatic hydroxyl groups is 2. The molecule has 0 heterocycles.